The predicted molar refractivity (Wildman–Crippen MR) is 139 cm³/mol. The van der Waals surface area contributed by atoms with Crippen LogP contribution in [0.4, 0.5) is 0 Å². The minimum absolute atomic E-state index is 0.0255. The van der Waals surface area contributed by atoms with Crippen LogP contribution >= 0.6 is 0 Å². The summed E-state index contributed by atoms with van der Waals surface area (Å²) in [6.07, 6.45) is -0.707. The fourth-order valence-electron chi connectivity index (χ4n) is 4.07. The van der Waals surface area contributed by atoms with Crippen molar-refractivity contribution in [2.45, 2.75) is 110 Å². The maximum atomic E-state index is 12.8. The van der Waals surface area contributed by atoms with Crippen LogP contribution in [-0.2, 0) is 38.4 Å². The summed E-state index contributed by atoms with van der Waals surface area (Å²) >= 11 is 0. The van der Waals surface area contributed by atoms with Gasteiger partial charge in [0, 0.05) is 75.5 Å². The van der Waals surface area contributed by atoms with Crippen molar-refractivity contribution >= 4 is 46.6 Å². The third-order valence-electron chi connectivity index (χ3n) is 5.47. The maximum Gasteiger partial charge on any atom is 0.222 e. The molecular formula is C26H42N4O8. The number of Topliss-reactive ketones (excluding diaryl/α,β-unsaturated/α-hetero) is 5. The van der Waals surface area contributed by atoms with Gasteiger partial charge in [0.25, 0.3) is 0 Å². The van der Waals surface area contributed by atoms with E-state index in [0.29, 0.717) is 0 Å². The molecule has 0 fully saturated rings. The van der Waals surface area contributed by atoms with E-state index in [1.165, 1.54) is 34.6 Å². The fraction of sp³-hybridized carbons (Fsp3) is 0.692. The van der Waals surface area contributed by atoms with Crippen LogP contribution < -0.4 is 21.3 Å². The first kappa shape index (κ1) is 34.7. The topological polar surface area (TPSA) is 185 Å². The van der Waals surface area contributed by atoms with E-state index in [4.69, 9.17) is 0 Å². The highest BCUT2D eigenvalue weighted by Gasteiger charge is 2.25. The molecule has 0 radical (unpaired) electrons. The number of ketones is 5. The number of nitrogens with one attached hydrogen (secondary N) is 4. The second kappa shape index (κ2) is 18.1. The number of amides is 3. The second-order valence-electron chi connectivity index (χ2n) is 9.92. The van der Waals surface area contributed by atoms with Crippen molar-refractivity contribution in [1.29, 1.82) is 0 Å². The molecule has 0 aromatic heterocycles. The van der Waals surface area contributed by atoms with Crippen LogP contribution in [0.2, 0.25) is 0 Å². The molecule has 0 bridgehead atoms. The summed E-state index contributed by atoms with van der Waals surface area (Å²) in [4.78, 5) is 95.6. The largest absolute Gasteiger partial charge is 0.352 e. The molecule has 0 saturated heterocycles. The third kappa shape index (κ3) is 18.0. The van der Waals surface area contributed by atoms with Crippen molar-refractivity contribution in [3.8, 4) is 0 Å². The Balaban J connectivity index is 5.28. The second-order valence-corrected chi connectivity index (χ2v) is 9.92. The predicted octanol–water partition coefficient (Wildman–Crippen LogP) is 0.0946. The van der Waals surface area contributed by atoms with Crippen molar-refractivity contribution in [3.05, 3.63) is 0 Å². The lowest BCUT2D eigenvalue weighted by molar-refractivity contribution is -0.125. The first-order valence-electron chi connectivity index (χ1n) is 12.6. The highest BCUT2D eigenvalue weighted by atomic mass is 16.2. The Morgan fingerprint density at radius 3 is 0.842 bits per heavy atom. The normalized spacial score (nSPS) is 13.1. The molecule has 214 valence electrons. The Bertz CT molecular complexity index is 886. The number of rotatable bonds is 20. The summed E-state index contributed by atoms with van der Waals surface area (Å²) in [5.41, 5.74) is 0. The van der Waals surface area contributed by atoms with Crippen molar-refractivity contribution in [1.82, 2.24) is 21.3 Å². The summed E-state index contributed by atoms with van der Waals surface area (Å²) in [5, 5.41) is 10.8. The van der Waals surface area contributed by atoms with Gasteiger partial charge in [-0.3, -0.25) is 38.4 Å². The van der Waals surface area contributed by atoms with Crippen molar-refractivity contribution in [2.24, 2.45) is 0 Å². The van der Waals surface area contributed by atoms with E-state index in [-0.39, 0.29) is 80.3 Å². The summed E-state index contributed by atoms with van der Waals surface area (Å²) in [7, 11) is 1.62. The SMILES string of the molecule is CNC(CC(C)=O)CC(=O)NC(CC(C)=O)CC(=O)NC(CC(C)=O)CC(=O)NC(CC(C)=O)CC(C)=O. The Morgan fingerprint density at radius 2 is 0.605 bits per heavy atom. The summed E-state index contributed by atoms with van der Waals surface area (Å²) in [6.45, 7) is 6.73. The number of hydrogen-bond donors (Lipinski definition) is 4. The van der Waals surface area contributed by atoms with Gasteiger partial charge in [0.05, 0.1) is 0 Å². The van der Waals surface area contributed by atoms with Gasteiger partial charge in [-0.2, -0.15) is 0 Å². The van der Waals surface area contributed by atoms with Gasteiger partial charge in [-0.1, -0.05) is 0 Å². The molecule has 0 aliphatic rings. The van der Waals surface area contributed by atoms with Crippen LogP contribution in [0.1, 0.15) is 86.0 Å². The van der Waals surface area contributed by atoms with Crippen molar-refractivity contribution in [3.63, 3.8) is 0 Å². The minimum atomic E-state index is -0.867. The van der Waals surface area contributed by atoms with Gasteiger partial charge in [-0.15, -0.1) is 0 Å². The zero-order chi connectivity index (χ0) is 29.4. The first-order valence-corrected chi connectivity index (χ1v) is 12.6. The standard InChI is InChI=1S/C26H42N4O8/c1-15(31)7-20(27-6)12-24(36)29-22(10-18(4)34)14-26(38)30-23(11-19(5)35)13-25(37)28-21(8-16(2)32)9-17(3)33/h20-23,27H,7-14H2,1-6H3,(H,28,37)(H,29,36)(H,30,38). The van der Waals surface area contributed by atoms with Crippen LogP contribution in [0.3, 0.4) is 0 Å². The van der Waals surface area contributed by atoms with Crippen molar-refractivity contribution in [2.75, 3.05) is 7.05 Å². The smallest absolute Gasteiger partial charge is 0.222 e. The molecule has 0 aliphatic heterocycles. The number of carbonyl (C=O) groups is 8. The quantitative estimate of drug-likeness (QED) is 0.167. The lowest BCUT2D eigenvalue weighted by atomic mass is 10.0. The van der Waals surface area contributed by atoms with E-state index >= 15 is 0 Å². The Hall–Kier alpha value is -3.28. The van der Waals surface area contributed by atoms with E-state index in [9.17, 15) is 38.4 Å². The monoisotopic (exact) mass is 538 g/mol. The van der Waals surface area contributed by atoms with E-state index in [1.807, 2.05) is 0 Å². The molecule has 0 saturated carbocycles. The van der Waals surface area contributed by atoms with E-state index in [0.717, 1.165) is 0 Å². The molecule has 3 atom stereocenters. The van der Waals surface area contributed by atoms with Crippen LogP contribution in [0.25, 0.3) is 0 Å². The van der Waals surface area contributed by atoms with Gasteiger partial charge in [-0.05, 0) is 41.7 Å². The molecule has 0 spiro atoms. The lowest BCUT2D eigenvalue weighted by Gasteiger charge is -2.23. The zero-order valence-corrected chi connectivity index (χ0v) is 23.2. The van der Waals surface area contributed by atoms with Crippen molar-refractivity contribution < 1.29 is 38.4 Å². The average molecular weight is 539 g/mol. The highest BCUT2D eigenvalue weighted by Crippen LogP contribution is 2.08. The van der Waals surface area contributed by atoms with E-state index < -0.39 is 41.9 Å². The molecule has 12 heteroatoms. The Kier molecular flexibility index (Phi) is 16.5. The summed E-state index contributed by atoms with van der Waals surface area (Å²) in [6, 6.07) is -2.77. The fourth-order valence-corrected chi connectivity index (χ4v) is 4.07. The number of hydrogen-bond acceptors (Lipinski definition) is 9. The van der Waals surface area contributed by atoms with Gasteiger partial charge in [-0.25, -0.2) is 0 Å². The lowest BCUT2D eigenvalue weighted by Crippen LogP contribution is -2.46. The van der Waals surface area contributed by atoms with Crippen LogP contribution in [0, 0.1) is 0 Å². The van der Waals surface area contributed by atoms with Crippen LogP contribution in [0.15, 0.2) is 0 Å². The van der Waals surface area contributed by atoms with Crippen LogP contribution in [-0.4, -0.2) is 77.9 Å². The van der Waals surface area contributed by atoms with Gasteiger partial charge in [0.2, 0.25) is 17.7 Å². The van der Waals surface area contributed by atoms with Crippen LogP contribution in [0.5, 0.6) is 0 Å². The maximum absolute atomic E-state index is 12.8. The molecule has 0 aliphatic carbocycles. The molecule has 4 N–H and O–H groups in total. The van der Waals surface area contributed by atoms with E-state index in [2.05, 4.69) is 21.3 Å². The molecule has 12 nitrogen and oxygen atoms in total. The summed E-state index contributed by atoms with van der Waals surface area (Å²) < 4.78 is 0. The van der Waals surface area contributed by atoms with Gasteiger partial charge >= 0.3 is 0 Å². The third-order valence-corrected chi connectivity index (χ3v) is 5.47. The zero-order valence-electron chi connectivity index (χ0n) is 23.2. The molecule has 38 heavy (non-hydrogen) atoms. The molecule has 0 aromatic rings. The van der Waals surface area contributed by atoms with E-state index in [1.54, 1.807) is 7.05 Å². The molecule has 0 aromatic carbocycles. The molecular weight excluding hydrogens is 496 g/mol. The highest BCUT2D eigenvalue weighted by molar-refractivity contribution is 5.86. The average Bonchev–Trinajstić information content (AvgIpc) is 2.70. The molecule has 0 rings (SSSR count). The molecule has 0 heterocycles. The first-order chi connectivity index (χ1) is 17.6. The van der Waals surface area contributed by atoms with Gasteiger partial charge in [0.1, 0.15) is 28.9 Å². The van der Waals surface area contributed by atoms with Gasteiger partial charge < -0.3 is 21.3 Å². The Morgan fingerprint density at radius 1 is 0.395 bits per heavy atom. The summed E-state index contributed by atoms with van der Waals surface area (Å²) in [5.74, 6) is -2.58. The van der Waals surface area contributed by atoms with Gasteiger partial charge in [0.15, 0.2) is 0 Å². The Labute approximate surface area is 223 Å². The molecule has 3 unspecified atom stereocenters. The minimum Gasteiger partial charge on any atom is -0.352 e. The molecule has 3 amide bonds. The number of carbonyl (C=O) groups excluding carboxylic acids is 8.